The quantitative estimate of drug-likeness (QED) is 0.920. The van der Waals surface area contributed by atoms with Crippen molar-refractivity contribution < 1.29 is 13.9 Å². The van der Waals surface area contributed by atoms with E-state index < -0.39 is 5.54 Å². The highest BCUT2D eigenvalue weighted by Crippen LogP contribution is 2.43. The molecule has 4 rings (SSSR count). The molecule has 5 nitrogen and oxygen atoms in total. The Bertz CT molecular complexity index is 852. The van der Waals surface area contributed by atoms with Crippen LogP contribution in [-0.2, 0) is 17.6 Å². The summed E-state index contributed by atoms with van der Waals surface area (Å²) in [6, 6.07) is 7.77. The molecule has 124 valence electrons. The van der Waals surface area contributed by atoms with Gasteiger partial charge in [-0.1, -0.05) is 18.2 Å². The lowest BCUT2D eigenvalue weighted by Crippen LogP contribution is -2.36. The molecule has 2 aromatic rings. The Labute approximate surface area is 139 Å². The molecule has 2 atom stereocenters. The van der Waals surface area contributed by atoms with E-state index in [1.165, 1.54) is 13.3 Å². The van der Waals surface area contributed by atoms with Gasteiger partial charge in [0.2, 0.25) is 5.88 Å². The molecule has 0 bridgehead atoms. The summed E-state index contributed by atoms with van der Waals surface area (Å²) in [6.07, 6.45) is 2.50. The average Bonchev–Trinajstić information content (AvgIpc) is 3.06. The van der Waals surface area contributed by atoms with E-state index in [4.69, 9.17) is 15.2 Å². The second kappa shape index (κ2) is 5.19. The first-order valence-corrected chi connectivity index (χ1v) is 7.85. The van der Waals surface area contributed by atoms with Gasteiger partial charge < -0.3 is 15.2 Å². The van der Waals surface area contributed by atoms with Gasteiger partial charge in [-0.05, 0) is 23.6 Å². The van der Waals surface area contributed by atoms with Gasteiger partial charge in [0, 0.05) is 24.5 Å². The molecular weight excluding hydrogens is 309 g/mol. The molecule has 1 aliphatic heterocycles. The largest absolute Gasteiger partial charge is 0.481 e. The predicted octanol–water partition coefficient (Wildman–Crippen LogP) is 2.47. The highest BCUT2D eigenvalue weighted by atomic mass is 19.1. The Kier molecular flexibility index (Phi) is 3.23. The number of nitrogens with zero attached hydrogens (tertiary/aromatic N) is 2. The molecule has 0 amide bonds. The normalized spacial score (nSPS) is 24.6. The first kappa shape index (κ1) is 14.9. The molecule has 0 saturated heterocycles. The number of rotatable bonds is 2. The van der Waals surface area contributed by atoms with Gasteiger partial charge in [-0.3, -0.25) is 0 Å². The van der Waals surface area contributed by atoms with Crippen LogP contribution in [0.2, 0.25) is 0 Å². The first-order chi connectivity index (χ1) is 11.5. The lowest BCUT2D eigenvalue weighted by molar-refractivity contribution is 0.157. The van der Waals surface area contributed by atoms with E-state index in [1.54, 1.807) is 6.07 Å². The zero-order valence-electron chi connectivity index (χ0n) is 13.5. The summed E-state index contributed by atoms with van der Waals surface area (Å²) in [5.74, 6) is 0.0143. The number of fused-ring (bicyclic) bond motifs is 1. The van der Waals surface area contributed by atoms with Crippen LogP contribution in [0.25, 0.3) is 11.1 Å². The number of ether oxygens (including phenoxy) is 2. The summed E-state index contributed by atoms with van der Waals surface area (Å²) in [5, 5.41) is 0. The third-order valence-electron chi connectivity index (χ3n) is 4.97. The van der Waals surface area contributed by atoms with Gasteiger partial charge in [-0.2, -0.15) is 0 Å². The fraction of sp³-hybridized carbons (Fsp3) is 0.333. The monoisotopic (exact) mass is 327 g/mol. The van der Waals surface area contributed by atoms with Crippen molar-refractivity contribution in [2.45, 2.75) is 31.4 Å². The zero-order valence-corrected chi connectivity index (χ0v) is 13.5. The van der Waals surface area contributed by atoms with Crippen molar-refractivity contribution in [1.29, 1.82) is 0 Å². The standard InChI is InChI=1S/C18H18FN3O2/c1-10-18(22-17(20)24-10)7-11-4-3-5-12(14(11)8-18)13-6-16(23-2)21-9-15(13)19/h3-6,9-10H,7-8H2,1-2H3,(H2,20,22). The molecule has 24 heavy (non-hydrogen) atoms. The maximum Gasteiger partial charge on any atom is 0.282 e. The predicted molar refractivity (Wildman–Crippen MR) is 88.5 cm³/mol. The highest BCUT2D eigenvalue weighted by Gasteiger charge is 2.48. The third-order valence-corrected chi connectivity index (χ3v) is 4.97. The summed E-state index contributed by atoms with van der Waals surface area (Å²) < 4.78 is 25.1. The van der Waals surface area contributed by atoms with Crippen LogP contribution in [-0.4, -0.2) is 29.8 Å². The van der Waals surface area contributed by atoms with Crippen molar-refractivity contribution in [2.75, 3.05) is 7.11 Å². The molecule has 1 aromatic heterocycles. The van der Waals surface area contributed by atoms with Crippen molar-refractivity contribution in [3.8, 4) is 17.0 Å². The Morgan fingerprint density at radius 3 is 2.88 bits per heavy atom. The summed E-state index contributed by atoms with van der Waals surface area (Å²) in [4.78, 5) is 8.46. The van der Waals surface area contributed by atoms with Crippen molar-refractivity contribution in [3.05, 3.63) is 47.4 Å². The Hall–Kier alpha value is -2.63. The van der Waals surface area contributed by atoms with Crippen LogP contribution in [0.5, 0.6) is 5.88 Å². The fourth-order valence-corrected chi connectivity index (χ4v) is 3.69. The Morgan fingerprint density at radius 2 is 2.17 bits per heavy atom. The number of hydrogen-bond donors (Lipinski definition) is 1. The smallest absolute Gasteiger partial charge is 0.282 e. The van der Waals surface area contributed by atoms with Gasteiger partial charge in [-0.15, -0.1) is 0 Å². The molecule has 2 heterocycles. The zero-order chi connectivity index (χ0) is 16.9. The molecular formula is C18H18FN3O2. The van der Waals surface area contributed by atoms with Crippen molar-refractivity contribution in [1.82, 2.24) is 4.98 Å². The second-order valence-electron chi connectivity index (χ2n) is 6.32. The van der Waals surface area contributed by atoms with E-state index in [9.17, 15) is 4.39 Å². The molecule has 6 heteroatoms. The van der Waals surface area contributed by atoms with Gasteiger partial charge in [0.05, 0.1) is 13.3 Å². The molecule has 0 fully saturated rings. The minimum atomic E-state index is -0.393. The van der Waals surface area contributed by atoms with Crippen molar-refractivity contribution in [2.24, 2.45) is 10.7 Å². The van der Waals surface area contributed by atoms with Gasteiger partial charge in [0.1, 0.15) is 17.5 Å². The van der Waals surface area contributed by atoms with Crippen LogP contribution < -0.4 is 10.5 Å². The molecule has 1 spiro atoms. The summed E-state index contributed by atoms with van der Waals surface area (Å²) in [6.45, 7) is 1.98. The molecule has 2 aliphatic rings. The fourth-order valence-electron chi connectivity index (χ4n) is 3.69. The van der Waals surface area contributed by atoms with E-state index in [-0.39, 0.29) is 17.9 Å². The highest BCUT2D eigenvalue weighted by molar-refractivity contribution is 5.76. The van der Waals surface area contributed by atoms with E-state index in [1.807, 2.05) is 19.1 Å². The number of pyridine rings is 1. The number of benzene rings is 1. The summed E-state index contributed by atoms with van der Waals surface area (Å²) in [5.41, 5.74) is 8.94. The second-order valence-corrected chi connectivity index (χ2v) is 6.32. The molecule has 2 unspecified atom stereocenters. The van der Waals surface area contributed by atoms with Gasteiger partial charge >= 0.3 is 0 Å². The van der Waals surface area contributed by atoms with Crippen LogP contribution in [0.1, 0.15) is 18.1 Å². The Morgan fingerprint density at radius 1 is 1.33 bits per heavy atom. The number of aliphatic imine (C=N–C) groups is 1. The van der Waals surface area contributed by atoms with E-state index in [2.05, 4.69) is 16.0 Å². The number of halogens is 1. The number of hydrogen-bond acceptors (Lipinski definition) is 5. The van der Waals surface area contributed by atoms with Crippen molar-refractivity contribution >= 4 is 6.02 Å². The van der Waals surface area contributed by atoms with Gasteiger partial charge in [0.15, 0.2) is 0 Å². The van der Waals surface area contributed by atoms with Crippen LogP contribution in [0, 0.1) is 5.82 Å². The molecule has 0 saturated carbocycles. The molecule has 2 N–H and O–H groups in total. The van der Waals surface area contributed by atoms with Crippen LogP contribution in [0.3, 0.4) is 0 Å². The van der Waals surface area contributed by atoms with Crippen LogP contribution in [0.15, 0.2) is 35.5 Å². The number of aromatic nitrogens is 1. The first-order valence-electron chi connectivity index (χ1n) is 7.85. The van der Waals surface area contributed by atoms with Crippen LogP contribution in [0.4, 0.5) is 4.39 Å². The number of nitrogens with two attached hydrogens (primary N) is 1. The topological polar surface area (TPSA) is 69.7 Å². The Balaban J connectivity index is 1.82. The van der Waals surface area contributed by atoms with Gasteiger partial charge in [-0.25, -0.2) is 14.4 Å². The van der Waals surface area contributed by atoms with Crippen molar-refractivity contribution in [3.63, 3.8) is 0 Å². The number of methoxy groups -OCH3 is 1. The summed E-state index contributed by atoms with van der Waals surface area (Å²) >= 11 is 0. The lowest BCUT2D eigenvalue weighted by Gasteiger charge is -2.23. The lowest BCUT2D eigenvalue weighted by atomic mass is 9.90. The summed E-state index contributed by atoms with van der Waals surface area (Å²) in [7, 11) is 1.52. The SMILES string of the molecule is COc1cc(-c2cccc3c2CC2(C3)N=C(N)OC2C)c(F)cn1. The maximum absolute atomic E-state index is 14.4. The maximum atomic E-state index is 14.4. The van der Waals surface area contributed by atoms with Gasteiger partial charge in [0.25, 0.3) is 6.02 Å². The van der Waals surface area contributed by atoms with Crippen LogP contribution >= 0.6 is 0 Å². The van der Waals surface area contributed by atoms with E-state index in [0.717, 1.165) is 23.1 Å². The molecule has 0 radical (unpaired) electrons. The minimum Gasteiger partial charge on any atom is -0.481 e. The number of amidine groups is 1. The molecule has 1 aliphatic carbocycles. The van der Waals surface area contributed by atoms with E-state index in [0.29, 0.717) is 17.9 Å². The third kappa shape index (κ3) is 2.13. The average molecular weight is 327 g/mol. The van der Waals surface area contributed by atoms with E-state index >= 15 is 0 Å². The molecule has 1 aromatic carbocycles. The minimum absolute atomic E-state index is 0.102.